The molecule has 0 aromatic carbocycles. The van der Waals surface area contributed by atoms with Gasteiger partial charge in [0.1, 0.15) is 6.10 Å². The van der Waals surface area contributed by atoms with E-state index >= 15 is 0 Å². The molecular formula is C19H28O4. The molecule has 23 heavy (non-hydrogen) atoms. The van der Waals surface area contributed by atoms with Gasteiger partial charge < -0.3 is 14.9 Å². The Balaban J connectivity index is 1.79. The number of aliphatic hydroxyl groups is 2. The van der Waals surface area contributed by atoms with Crippen LogP contribution in [0.2, 0.25) is 0 Å². The molecule has 0 aromatic heterocycles. The van der Waals surface area contributed by atoms with E-state index in [0.717, 1.165) is 43.4 Å². The molecule has 1 saturated heterocycles. The number of carbonyl (C=O) groups is 1. The van der Waals surface area contributed by atoms with Gasteiger partial charge in [0.2, 0.25) is 0 Å². The summed E-state index contributed by atoms with van der Waals surface area (Å²) in [6, 6.07) is 0. The van der Waals surface area contributed by atoms with E-state index in [1.165, 1.54) is 0 Å². The first-order chi connectivity index (χ1) is 10.8. The van der Waals surface area contributed by atoms with Gasteiger partial charge in [0.15, 0.2) is 5.78 Å². The third kappa shape index (κ3) is 2.04. The molecule has 0 aromatic rings. The van der Waals surface area contributed by atoms with Crippen molar-refractivity contribution in [2.75, 3.05) is 6.61 Å². The lowest BCUT2D eigenvalue weighted by molar-refractivity contribution is -0.214. The second-order valence-electron chi connectivity index (χ2n) is 8.59. The maximum absolute atomic E-state index is 13.3. The summed E-state index contributed by atoms with van der Waals surface area (Å²) in [7, 11) is 0. The van der Waals surface area contributed by atoms with E-state index in [1.54, 1.807) is 0 Å². The van der Waals surface area contributed by atoms with Gasteiger partial charge in [0, 0.05) is 11.3 Å². The van der Waals surface area contributed by atoms with Crippen LogP contribution in [-0.2, 0) is 9.53 Å². The normalized spacial score (nSPS) is 52.9. The fourth-order valence-corrected chi connectivity index (χ4v) is 5.79. The average molecular weight is 320 g/mol. The van der Waals surface area contributed by atoms with E-state index < -0.39 is 17.6 Å². The summed E-state index contributed by atoms with van der Waals surface area (Å²) in [5.41, 5.74) is 1.13. The first kappa shape index (κ1) is 15.8. The number of rotatable bonds is 0. The smallest absolute Gasteiger partial charge is 0.171 e. The second-order valence-corrected chi connectivity index (χ2v) is 8.59. The number of Topliss-reactive ketones (excluding diaryl/α,β-unsaturated/α-hetero) is 1. The van der Waals surface area contributed by atoms with Crippen LogP contribution in [-0.4, -0.2) is 40.9 Å². The topological polar surface area (TPSA) is 66.8 Å². The first-order valence-electron chi connectivity index (χ1n) is 9.05. The van der Waals surface area contributed by atoms with E-state index in [2.05, 4.69) is 13.8 Å². The molecule has 7 unspecified atom stereocenters. The molecule has 0 radical (unpaired) electrons. The molecule has 3 fully saturated rings. The number of fused-ring (bicyclic) bond motifs is 5. The minimum absolute atomic E-state index is 0.0257. The van der Waals surface area contributed by atoms with Crippen molar-refractivity contribution < 1.29 is 19.7 Å². The van der Waals surface area contributed by atoms with Crippen molar-refractivity contribution in [3.8, 4) is 0 Å². The van der Waals surface area contributed by atoms with Crippen molar-refractivity contribution in [2.24, 2.45) is 29.1 Å². The molecule has 2 saturated carbocycles. The summed E-state index contributed by atoms with van der Waals surface area (Å²) in [6.07, 6.45) is 2.15. The molecule has 4 rings (SSSR count). The molecule has 4 aliphatic rings. The van der Waals surface area contributed by atoms with Crippen molar-refractivity contribution >= 4 is 5.78 Å². The number of ether oxygens (including phenoxy) is 1. The lowest BCUT2D eigenvalue weighted by Gasteiger charge is -2.58. The molecule has 3 aliphatic carbocycles. The molecule has 8 atom stereocenters. The third-order valence-corrected chi connectivity index (χ3v) is 7.65. The maximum Gasteiger partial charge on any atom is 0.171 e. The Morgan fingerprint density at radius 3 is 2.61 bits per heavy atom. The van der Waals surface area contributed by atoms with Gasteiger partial charge in [-0.05, 0) is 61.5 Å². The summed E-state index contributed by atoms with van der Waals surface area (Å²) in [5.74, 6) is 1.27. The van der Waals surface area contributed by atoms with E-state index in [9.17, 15) is 15.0 Å². The lowest BCUT2D eigenvalue weighted by atomic mass is 9.49. The number of carbonyl (C=O) groups excluding carboxylic acids is 1. The highest BCUT2D eigenvalue weighted by Crippen LogP contribution is 2.57. The maximum atomic E-state index is 13.3. The molecule has 4 heteroatoms. The summed E-state index contributed by atoms with van der Waals surface area (Å²) in [4.78, 5) is 13.3. The van der Waals surface area contributed by atoms with E-state index in [4.69, 9.17) is 4.74 Å². The van der Waals surface area contributed by atoms with Gasteiger partial charge in [0.25, 0.3) is 0 Å². The molecule has 4 nitrogen and oxygen atoms in total. The Kier molecular flexibility index (Phi) is 3.53. The van der Waals surface area contributed by atoms with Crippen LogP contribution in [0.5, 0.6) is 0 Å². The van der Waals surface area contributed by atoms with Gasteiger partial charge in [-0.1, -0.05) is 13.8 Å². The van der Waals surface area contributed by atoms with E-state index in [-0.39, 0.29) is 23.7 Å². The highest BCUT2D eigenvalue weighted by atomic mass is 16.5. The number of hydrogen-bond donors (Lipinski definition) is 2. The quantitative estimate of drug-likeness (QED) is 0.671. The van der Waals surface area contributed by atoms with Crippen molar-refractivity contribution in [1.29, 1.82) is 0 Å². The number of ketones is 1. The van der Waals surface area contributed by atoms with Crippen LogP contribution in [0.15, 0.2) is 11.1 Å². The van der Waals surface area contributed by atoms with Gasteiger partial charge in [0.05, 0.1) is 18.8 Å². The molecule has 0 amide bonds. The number of hydrogen-bond acceptors (Lipinski definition) is 4. The minimum atomic E-state index is -1.04. The molecule has 1 heterocycles. The minimum Gasteiger partial charge on any atom is -0.389 e. The lowest BCUT2D eigenvalue weighted by Crippen LogP contribution is -2.62. The predicted octanol–water partition coefficient (Wildman–Crippen LogP) is 2.08. The van der Waals surface area contributed by atoms with Gasteiger partial charge in [-0.15, -0.1) is 0 Å². The first-order valence-corrected chi connectivity index (χ1v) is 9.05. The standard InChI is InChI=1S/C19H28O4/c1-9-4-16-13(8-23-16)14-6-11-5-12(10(2)15(20)7-11)17(21)18(22)19(9,14)3/h9,11,13-17,20-21H,4-8H2,1-3H3/t9?,11?,13?,14?,15?,16?,17?,19-/m1/s1. The highest BCUT2D eigenvalue weighted by Gasteiger charge is 2.60. The van der Waals surface area contributed by atoms with Crippen LogP contribution >= 0.6 is 0 Å². The van der Waals surface area contributed by atoms with Crippen LogP contribution in [0.4, 0.5) is 0 Å². The van der Waals surface area contributed by atoms with Crippen molar-refractivity contribution in [3.63, 3.8) is 0 Å². The van der Waals surface area contributed by atoms with Gasteiger partial charge >= 0.3 is 0 Å². The summed E-state index contributed by atoms with van der Waals surface area (Å²) >= 11 is 0. The fourth-order valence-electron chi connectivity index (χ4n) is 5.79. The second kappa shape index (κ2) is 5.14. The monoisotopic (exact) mass is 320 g/mol. The SMILES string of the molecule is CC1=C2CC(CC1O)CC1C3COC3CC(C)[C@@]1(C)C(=O)C2O. The van der Waals surface area contributed by atoms with E-state index in [0.29, 0.717) is 11.8 Å². The molecule has 2 bridgehead atoms. The zero-order valence-electron chi connectivity index (χ0n) is 14.3. The third-order valence-electron chi connectivity index (χ3n) is 7.65. The van der Waals surface area contributed by atoms with Crippen LogP contribution in [0.1, 0.15) is 46.5 Å². The van der Waals surface area contributed by atoms with Gasteiger partial charge in [-0.3, -0.25) is 4.79 Å². The Labute approximate surface area is 137 Å². The Morgan fingerprint density at radius 2 is 1.96 bits per heavy atom. The van der Waals surface area contributed by atoms with Crippen molar-refractivity contribution in [2.45, 2.75) is 64.8 Å². The van der Waals surface area contributed by atoms with Crippen molar-refractivity contribution in [3.05, 3.63) is 11.1 Å². The molecule has 2 N–H and O–H groups in total. The molecular weight excluding hydrogens is 292 g/mol. The molecule has 128 valence electrons. The Bertz CT molecular complexity index is 568. The predicted molar refractivity (Wildman–Crippen MR) is 85.7 cm³/mol. The van der Waals surface area contributed by atoms with Crippen LogP contribution in [0.25, 0.3) is 0 Å². The Morgan fingerprint density at radius 1 is 1.22 bits per heavy atom. The molecule has 0 spiro atoms. The Hall–Kier alpha value is -0.710. The summed E-state index contributed by atoms with van der Waals surface area (Å²) in [6.45, 7) is 6.84. The zero-order valence-corrected chi connectivity index (χ0v) is 14.3. The van der Waals surface area contributed by atoms with Gasteiger partial charge in [-0.25, -0.2) is 0 Å². The van der Waals surface area contributed by atoms with Crippen molar-refractivity contribution in [1.82, 2.24) is 0 Å². The van der Waals surface area contributed by atoms with Gasteiger partial charge in [-0.2, -0.15) is 0 Å². The van der Waals surface area contributed by atoms with Crippen LogP contribution in [0.3, 0.4) is 0 Å². The van der Waals surface area contributed by atoms with E-state index in [1.807, 2.05) is 6.92 Å². The van der Waals surface area contributed by atoms with Crippen LogP contribution in [0, 0.1) is 29.1 Å². The highest BCUT2D eigenvalue weighted by molar-refractivity contribution is 5.92. The summed E-state index contributed by atoms with van der Waals surface area (Å²) in [5, 5.41) is 21.2. The van der Waals surface area contributed by atoms with Crippen LogP contribution < -0.4 is 0 Å². The summed E-state index contributed by atoms with van der Waals surface area (Å²) < 4.78 is 5.74. The number of aliphatic hydroxyl groups excluding tert-OH is 2. The largest absolute Gasteiger partial charge is 0.389 e. The molecule has 1 aliphatic heterocycles. The average Bonchev–Trinajstić information content (AvgIpc) is 2.49. The fraction of sp³-hybridized carbons (Fsp3) is 0.842. The zero-order chi connectivity index (χ0) is 16.5.